The molecule has 0 fully saturated rings. The van der Waals surface area contributed by atoms with Gasteiger partial charge >= 0.3 is 0 Å². The number of hydrogen-bond donors (Lipinski definition) is 0. The fraction of sp³-hybridized carbons (Fsp3) is 0.242. The van der Waals surface area contributed by atoms with Crippen molar-refractivity contribution in [2.24, 2.45) is 5.10 Å². The first-order chi connectivity index (χ1) is 23.3. The third-order valence-corrected chi connectivity index (χ3v) is 8.99. The minimum Gasteiger partial charge on any atom is -0.858 e. The van der Waals surface area contributed by atoms with Crippen LogP contribution in [0.15, 0.2) is 59.2 Å². The summed E-state index contributed by atoms with van der Waals surface area (Å²) in [5.74, 6) is -2.25. The SMILES string of the molecule is CCN(CC)C(=O)C1=NN(c2c(Cl)cc(Cl)cc2Cl)C(=O)\C1=C/C=C/C=C/c1c(C(=O)N(CC)CC)nn(-c2c(Cl)cc(Cl)cc2Cl)c1[O-]. The van der Waals surface area contributed by atoms with Crippen LogP contribution in [0.1, 0.15) is 43.7 Å². The van der Waals surface area contributed by atoms with Gasteiger partial charge in [0.15, 0.2) is 11.4 Å². The minimum absolute atomic E-state index is 0.0228. The van der Waals surface area contributed by atoms with Crippen LogP contribution in [-0.4, -0.2) is 69.2 Å². The molecule has 4 rings (SSSR count). The van der Waals surface area contributed by atoms with Crippen LogP contribution in [0.5, 0.6) is 5.88 Å². The largest absolute Gasteiger partial charge is 0.858 e. The molecule has 0 aliphatic carbocycles. The number of anilines is 1. The number of benzene rings is 2. The molecule has 0 saturated carbocycles. The summed E-state index contributed by atoms with van der Waals surface area (Å²) < 4.78 is 0.962. The molecule has 1 aromatic heterocycles. The standard InChI is InChI=1S/C33H30Cl6N6O4/c1-5-42(6-2)32(48)26-20(30(46)44(40-26)28-22(36)14-18(34)15-23(28)37)12-10-9-11-13-21-27(33(49)43(7-3)8-4)41-45(31(21)47)29-24(38)16-19(35)17-25(29)39/h9-17,46H,5-8H2,1-4H3/p-1/b11-9+,12-10+,21-13-. The van der Waals surface area contributed by atoms with Crippen molar-refractivity contribution in [1.82, 2.24) is 19.6 Å². The maximum atomic E-state index is 13.6. The van der Waals surface area contributed by atoms with Gasteiger partial charge in [-0.1, -0.05) is 93.9 Å². The first kappa shape index (κ1) is 38.3. The van der Waals surface area contributed by atoms with E-state index in [4.69, 9.17) is 69.6 Å². The molecule has 0 saturated heterocycles. The van der Waals surface area contributed by atoms with Gasteiger partial charge in [-0.25, -0.2) is 4.68 Å². The van der Waals surface area contributed by atoms with Crippen LogP contribution in [0.3, 0.4) is 0 Å². The predicted octanol–water partition coefficient (Wildman–Crippen LogP) is 8.12. The summed E-state index contributed by atoms with van der Waals surface area (Å²) in [4.78, 5) is 43.5. The topological polar surface area (TPSA) is 114 Å². The number of rotatable bonds is 11. The second-order valence-corrected chi connectivity index (χ2v) is 12.8. The second-order valence-electron chi connectivity index (χ2n) is 10.3. The number of carbonyl (C=O) groups excluding carboxylic acids is 3. The highest BCUT2D eigenvalue weighted by Crippen LogP contribution is 2.39. The van der Waals surface area contributed by atoms with Crippen molar-refractivity contribution in [2.45, 2.75) is 27.7 Å². The second kappa shape index (κ2) is 16.5. The molecule has 10 nitrogen and oxygen atoms in total. The van der Waals surface area contributed by atoms with Crippen LogP contribution >= 0.6 is 69.6 Å². The Balaban J connectivity index is 1.76. The molecule has 2 heterocycles. The number of nitrogens with zero attached hydrogens (tertiary/aromatic N) is 6. The van der Waals surface area contributed by atoms with Crippen molar-refractivity contribution in [3.05, 3.63) is 95.5 Å². The Morgan fingerprint density at radius 1 is 0.755 bits per heavy atom. The molecule has 0 atom stereocenters. The maximum Gasteiger partial charge on any atom is 0.281 e. The van der Waals surface area contributed by atoms with Gasteiger partial charge in [-0.3, -0.25) is 14.4 Å². The summed E-state index contributed by atoms with van der Waals surface area (Å²) in [5.41, 5.74) is -0.134. The van der Waals surface area contributed by atoms with Crippen LogP contribution in [0.25, 0.3) is 11.8 Å². The van der Waals surface area contributed by atoms with Crippen molar-refractivity contribution >= 4 is 105 Å². The molecule has 0 radical (unpaired) electrons. The fourth-order valence-corrected chi connectivity index (χ4v) is 6.87. The van der Waals surface area contributed by atoms with Crippen molar-refractivity contribution in [3.8, 4) is 11.6 Å². The van der Waals surface area contributed by atoms with Gasteiger partial charge in [0.1, 0.15) is 11.4 Å². The number of hydrazone groups is 1. The molecular formula is C33H29Cl6N6O4-. The molecule has 0 unspecified atom stereocenters. The summed E-state index contributed by atoms with van der Waals surface area (Å²) in [6.07, 6.45) is 7.28. The van der Waals surface area contributed by atoms with E-state index in [1.165, 1.54) is 64.4 Å². The van der Waals surface area contributed by atoms with E-state index < -0.39 is 23.6 Å². The van der Waals surface area contributed by atoms with E-state index in [2.05, 4.69) is 10.2 Å². The van der Waals surface area contributed by atoms with Gasteiger partial charge in [-0.05, 0) is 63.9 Å². The first-order valence-corrected chi connectivity index (χ1v) is 17.2. The van der Waals surface area contributed by atoms with E-state index >= 15 is 0 Å². The molecule has 0 spiro atoms. The Morgan fingerprint density at radius 3 is 1.76 bits per heavy atom. The van der Waals surface area contributed by atoms with Crippen LogP contribution in [-0.2, 0) is 9.59 Å². The molecule has 1 aliphatic rings. The zero-order valence-electron chi connectivity index (χ0n) is 26.6. The molecular weight excluding hydrogens is 757 g/mol. The average molecular weight is 786 g/mol. The Kier molecular flexibility index (Phi) is 12.9. The summed E-state index contributed by atoms with van der Waals surface area (Å²) >= 11 is 37.6. The van der Waals surface area contributed by atoms with Gasteiger partial charge in [0, 0.05) is 41.8 Å². The molecule has 0 N–H and O–H groups in total. The number of carbonyl (C=O) groups is 3. The van der Waals surface area contributed by atoms with Crippen LogP contribution in [0, 0.1) is 0 Å². The lowest BCUT2D eigenvalue weighted by atomic mass is 10.1. The Bertz CT molecular complexity index is 1880. The van der Waals surface area contributed by atoms with Crippen LogP contribution in [0.2, 0.25) is 30.1 Å². The highest BCUT2D eigenvalue weighted by atomic mass is 35.5. The normalized spacial score (nSPS) is 14.1. The summed E-state index contributed by atoms with van der Waals surface area (Å²) in [6.45, 7) is 8.73. The molecule has 3 aromatic rings. The number of hydrogen-bond acceptors (Lipinski definition) is 6. The Labute approximate surface area is 313 Å². The van der Waals surface area contributed by atoms with Crippen LogP contribution < -0.4 is 10.1 Å². The van der Waals surface area contributed by atoms with E-state index in [1.807, 2.05) is 0 Å². The third-order valence-electron chi connectivity index (χ3n) is 7.40. The van der Waals surface area contributed by atoms with E-state index in [0.717, 1.165) is 9.69 Å². The maximum absolute atomic E-state index is 13.6. The first-order valence-electron chi connectivity index (χ1n) is 15.0. The van der Waals surface area contributed by atoms with E-state index in [0.29, 0.717) is 26.2 Å². The zero-order valence-corrected chi connectivity index (χ0v) is 31.1. The fourth-order valence-electron chi connectivity index (χ4n) is 4.91. The van der Waals surface area contributed by atoms with Gasteiger partial charge in [-0.2, -0.15) is 15.2 Å². The summed E-state index contributed by atoms with van der Waals surface area (Å²) in [5, 5.41) is 24.0. The molecule has 258 valence electrons. The number of allylic oxidation sites excluding steroid dienone is 4. The molecule has 16 heteroatoms. The Morgan fingerprint density at radius 2 is 1.24 bits per heavy atom. The molecule has 1 aliphatic heterocycles. The lowest BCUT2D eigenvalue weighted by Crippen LogP contribution is -2.36. The average Bonchev–Trinajstić information content (AvgIpc) is 3.53. The highest BCUT2D eigenvalue weighted by Gasteiger charge is 2.38. The molecule has 0 bridgehead atoms. The zero-order chi connectivity index (χ0) is 36.2. The minimum atomic E-state index is -0.651. The summed E-state index contributed by atoms with van der Waals surface area (Å²) in [7, 11) is 0. The monoisotopic (exact) mass is 783 g/mol. The van der Waals surface area contributed by atoms with E-state index in [9.17, 15) is 19.5 Å². The third kappa shape index (κ3) is 7.95. The number of halogens is 6. The Hall–Kier alpha value is -3.51. The van der Waals surface area contributed by atoms with Crippen molar-refractivity contribution < 1.29 is 19.5 Å². The van der Waals surface area contributed by atoms with Gasteiger partial charge in [0.25, 0.3) is 17.7 Å². The highest BCUT2D eigenvalue weighted by molar-refractivity contribution is 6.55. The lowest BCUT2D eigenvalue weighted by molar-refractivity contribution is -0.278. The molecule has 3 amide bonds. The van der Waals surface area contributed by atoms with Gasteiger partial charge < -0.3 is 14.9 Å². The van der Waals surface area contributed by atoms with E-state index in [1.54, 1.807) is 27.7 Å². The van der Waals surface area contributed by atoms with Crippen LogP contribution in [0.4, 0.5) is 5.69 Å². The lowest BCUT2D eigenvalue weighted by Gasteiger charge is -2.18. The smallest absolute Gasteiger partial charge is 0.281 e. The van der Waals surface area contributed by atoms with Crippen molar-refractivity contribution in [1.29, 1.82) is 0 Å². The summed E-state index contributed by atoms with van der Waals surface area (Å²) in [6, 6.07) is 5.63. The predicted molar refractivity (Wildman–Crippen MR) is 196 cm³/mol. The van der Waals surface area contributed by atoms with Gasteiger partial charge in [-0.15, -0.1) is 0 Å². The molecule has 2 aromatic carbocycles. The van der Waals surface area contributed by atoms with Gasteiger partial charge in [0.2, 0.25) is 0 Å². The number of aromatic nitrogens is 2. The van der Waals surface area contributed by atoms with Crippen molar-refractivity contribution in [3.63, 3.8) is 0 Å². The van der Waals surface area contributed by atoms with Gasteiger partial charge in [0.05, 0.1) is 25.7 Å². The molecule has 49 heavy (non-hydrogen) atoms. The van der Waals surface area contributed by atoms with Crippen molar-refractivity contribution in [2.75, 3.05) is 31.2 Å². The quantitative estimate of drug-likeness (QED) is 0.144. The van der Waals surface area contributed by atoms with E-state index in [-0.39, 0.29) is 64.1 Å². The number of amides is 3.